The molecule has 1 aliphatic rings. The monoisotopic (exact) mass is 267 g/mol. The van der Waals surface area contributed by atoms with Gasteiger partial charge in [-0.1, -0.05) is 12.1 Å². The summed E-state index contributed by atoms with van der Waals surface area (Å²) in [7, 11) is 0. The van der Waals surface area contributed by atoms with Gasteiger partial charge in [-0.2, -0.15) is 0 Å². The lowest BCUT2D eigenvalue weighted by molar-refractivity contribution is -0.151. The number of ketones is 1. The number of aliphatic hydroxyl groups is 2. The van der Waals surface area contributed by atoms with Crippen LogP contribution in [-0.4, -0.2) is 46.9 Å². The van der Waals surface area contributed by atoms with Crippen LogP contribution in [0.25, 0.3) is 0 Å². The number of ether oxygens (including phenoxy) is 2. The number of carbonyl (C=O) groups excluding carboxylic acids is 2. The molecule has 7 heteroatoms. The molecule has 102 valence electrons. The van der Waals surface area contributed by atoms with Crippen molar-refractivity contribution in [1.82, 2.24) is 0 Å². The van der Waals surface area contributed by atoms with E-state index in [9.17, 15) is 14.7 Å². The summed E-state index contributed by atoms with van der Waals surface area (Å²) in [5, 5.41) is 18.4. The van der Waals surface area contributed by atoms with Crippen molar-refractivity contribution in [2.45, 2.75) is 18.3 Å². The molecule has 0 bridgehead atoms. The van der Waals surface area contributed by atoms with Gasteiger partial charge in [-0.05, 0) is 12.1 Å². The highest BCUT2D eigenvalue weighted by Crippen LogP contribution is 2.26. The van der Waals surface area contributed by atoms with Crippen molar-refractivity contribution in [2.24, 2.45) is 0 Å². The van der Waals surface area contributed by atoms with E-state index in [0.717, 1.165) is 0 Å². The van der Waals surface area contributed by atoms with Crippen LogP contribution in [0.15, 0.2) is 24.3 Å². The molecule has 1 saturated heterocycles. The maximum absolute atomic E-state index is 11.6. The summed E-state index contributed by atoms with van der Waals surface area (Å²) in [6, 6.07) is 6.41. The maximum atomic E-state index is 11.6. The van der Waals surface area contributed by atoms with E-state index < -0.39 is 36.7 Å². The predicted molar refractivity (Wildman–Crippen MR) is 63.3 cm³/mol. The number of nitrogen functional groups attached to an aromatic ring is 1. The first-order chi connectivity index (χ1) is 9.04. The summed E-state index contributed by atoms with van der Waals surface area (Å²) < 4.78 is 10.0. The first-order valence-corrected chi connectivity index (χ1v) is 5.59. The van der Waals surface area contributed by atoms with Crippen LogP contribution < -0.4 is 10.5 Å². The van der Waals surface area contributed by atoms with Crippen molar-refractivity contribution in [3.8, 4) is 5.75 Å². The van der Waals surface area contributed by atoms with Crippen LogP contribution in [0.2, 0.25) is 0 Å². The Morgan fingerprint density at radius 1 is 1.37 bits per heavy atom. The number of Topliss-reactive ketones (excluding diaryl/α,β-unsaturated/α-hetero) is 1. The molecule has 3 atom stereocenters. The summed E-state index contributed by atoms with van der Waals surface area (Å²) >= 11 is 0. The number of aliphatic hydroxyl groups excluding tert-OH is 2. The molecule has 0 amide bonds. The molecule has 1 unspecified atom stereocenters. The molecule has 7 nitrogen and oxygen atoms in total. The van der Waals surface area contributed by atoms with E-state index in [2.05, 4.69) is 4.74 Å². The standard InChI is InChI=1S/C12H13NO6/c13-6-3-1-2-4-8(6)18-11-9(16)12(17)19-10(11)7(15)5-14/h1-4,7,10-11,14-15H,5,13H2/t7-,10+,11?/m0/s1. The second-order valence-electron chi connectivity index (χ2n) is 4.06. The molecule has 1 fully saturated rings. The van der Waals surface area contributed by atoms with Gasteiger partial charge in [-0.3, -0.25) is 4.79 Å². The fourth-order valence-corrected chi connectivity index (χ4v) is 1.74. The number of nitrogens with two attached hydrogens (primary N) is 1. The van der Waals surface area contributed by atoms with E-state index in [4.69, 9.17) is 15.6 Å². The first kappa shape index (κ1) is 13.3. The number of carbonyl (C=O) groups is 2. The number of hydrogen-bond donors (Lipinski definition) is 3. The number of para-hydroxylation sites is 2. The molecule has 0 spiro atoms. The number of esters is 1. The van der Waals surface area contributed by atoms with Crippen LogP contribution in [-0.2, 0) is 14.3 Å². The van der Waals surface area contributed by atoms with E-state index in [0.29, 0.717) is 0 Å². The Hall–Kier alpha value is -2.12. The minimum atomic E-state index is -1.40. The quantitative estimate of drug-likeness (QED) is 0.358. The Labute approximate surface area is 108 Å². The highest BCUT2D eigenvalue weighted by molar-refractivity contribution is 6.37. The zero-order chi connectivity index (χ0) is 14.0. The van der Waals surface area contributed by atoms with Crippen molar-refractivity contribution < 1.29 is 29.3 Å². The molecule has 4 N–H and O–H groups in total. The lowest BCUT2D eigenvalue weighted by Gasteiger charge is -2.21. The smallest absolute Gasteiger partial charge is 0.379 e. The molecule has 1 aliphatic heterocycles. The summed E-state index contributed by atoms with van der Waals surface area (Å²) in [5.74, 6) is -1.81. The second-order valence-corrected chi connectivity index (χ2v) is 4.06. The molecule has 1 heterocycles. The number of benzene rings is 1. The fraction of sp³-hybridized carbons (Fsp3) is 0.333. The zero-order valence-electron chi connectivity index (χ0n) is 9.85. The van der Waals surface area contributed by atoms with Gasteiger partial charge in [0.05, 0.1) is 12.3 Å². The number of cyclic esters (lactones) is 1. The molecule has 0 radical (unpaired) electrons. The average molecular weight is 267 g/mol. The minimum absolute atomic E-state index is 0.203. The third kappa shape index (κ3) is 2.51. The summed E-state index contributed by atoms with van der Waals surface area (Å²) in [6.07, 6.45) is -3.96. The number of rotatable bonds is 4. The lowest BCUT2D eigenvalue weighted by atomic mass is 10.1. The van der Waals surface area contributed by atoms with Crippen molar-refractivity contribution in [2.75, 3.05) is 12.3 Å². The Morgan fingerprint density at radius 3 is 2.68 bits per heavy atom. The Balaban J connectivity index is 2.23. The van der Waals surface area contributed by atoms with Crippen LogP contribution in [0.3, 0.4) is 0 Å². The largest absolute Gasteiger partial charge is 0.476 e. The zero-order valence-corrected chi connectivity index (χ0v) is 9.85. The van der Waals surface area contributed by atoms with Crippen LogP contribution >= 0.6 is 0 Å². The Kier molecular flexibility index (Phi) is 3.68. The molecule has 1 aromatic rings. The predicted octanol–water partition coefficient (Wildman–Crippen LogP) is -1.14. The van der Waals surface area contributed by atoms with E-state index >= 15 is 0 Å². The van der Waals surface area contributed by atoms with Gasteiger partial charge in [0.1, 0.15) is 11.9 Å². The fourth-order valence-electron chi connectivity index (χ4n) is 1.74. The molecule has 1 aromatic carbocycles. The third-order valence-electron chi connectivity index (χ3n) is 2.74. The van der Waals surface area contributed by atoms with Crippen molar-refractivity contribution in [3.63, 3.8) is 0 Å². The number of hydrogen-bond acceptors (Lipinski definition) is 7. The number of anilines is 1. The summed E-state index contributed by atoms with van der Waals surface area (Å²) in [6.45, 7) is -0.657. The average Bonchev–Trinajstić information content (AvgIpc) is 2.68. The van der Waals surface area contributed by atoms with E-state index in [1.807, 2.05) is 0 Å². The third-order valence-corrected chi connectivity index (χ3v) is 2.74. The van der Waals surface area contributed by atoms with Crippen LogP contribution in [0.5, 0.6) is 5.75 Å². The van der Waals surface area contributed by atoms with Crippen molar-refractivity contribution in [1.29, 1.82) is 0 Å². The van der Waals surface area contributed by atoms with Crippen LogP contribution in [0.4, 0.5) is 5.69 Å². The van der Waals surface area contributed by atoms with Crippen LogP contribution in [0.1, 0.15) is 0 Å². The molecule has 0 aromatic heterocycles. The maximum Gasteiger partial charge on any atom is 0.379 e. The van der Waals surface area contributed by atoms with Crippen LogP contribution in [0, 0.1) is 0 Å². The summed E-state index contributed by atoms with van der Waals surface area (Å²) in [4.78, 5) is 22.8. The van der Waals surface area contributed by atoms with Crippen molar-refractivity contribution in [3.05, 3.63) is 24.3 Å². The van der Waals surface area contributed by atoms with Gasteiger partial charge in [0.2, 0.25) is 6.10 Å². The van der Waals surface area contributed by atoms with Gasteiger partial charge in [0.25, 0.3) is 5.78 Å². The lowest BCUT2D eigenvalue weighted by Crippen LogP contribution is -2.42. The van der Waals surface area contributed by atoms with E-state index in [1.165, 1.54) is 6.07 Å². The topological polar surface area (TPSA) is 119 Å². The van der Waals surface area contributed by atoms with Gasteiger partial charge in [-0.15, -0.1) is 0 Å². The van der Waals surface area contributed by atoms with E-state index in [-0.39, 0.29) is 11.4 Å². The second kappa shape index (κ2) is 5.25. The van der Waals surface area contributed by atoms with Gasteiger partial charge in [0.15, 0.2) is 6.10 Å². The highest BCUT2D eigenvalue weighted by atomic mass is 16.6. The van der Waals surface area contributed by atoms with Crippen molar-refractivity contribution >= 4 is 17.4 Å². The molecule has 0 saturated carbocycles. The van der Waals surface area contributed by atoms with Gasteiger partial charge >= 0.3 is 5.97 Å². The SMILES string of the molecule is Nc1ccccc1OC1C(=O)C(=O)O[C@@H]1[C@@H](O)CO. The van der Waals surface area contributed by atoms with Gasteiger partial charge < -0.3 is 25.4 Å². The minimum Gasteiger partial charge on any atom is -0.476 e. The molecular weight excluding hydrogens is 254 g/mol. The van der Waals surface area contributed by atoms with Gasteiger partial charge in [-0.25, -0.2) is 4.79 Å². The first-order valence-electron chi connectivity index (χ1n) is 5.59. The molecule has 19 heavy (non-hydrogen) atoms. The Bertz CT molecular complexity index is 503. The van der Waals surface area contributed by atoms with Gasteiger partial charge in [0, 0.05) is 0 Å². The highest BCUT2D eigenvalue weighted by Gasteiger charge is 2.49. The molecular formula is C12H13NO6. The normalized spacial score (nSPS) is 24.1. The molecule has 2 rings (SSSR count). The Morgan fingerprint density at radius 2 is 2.05 bits per heavy atom. The summed E-state index contributed by atoms with van der Waals surface area (Å²) in [5.41, 5.74) is 5.94. The molecule has 0 aliphatic carbocycles. The van der Waals surface area contributed by atoms with E-state index in [1.54, 1.807) is 18.2 Å².